The van der Waals surface area contributed by atoms with Gasteiger partial charge < -0.3 is 4.74 Å². The molecule has 0 radical (unpaired) electrons. The molecule has 0 heterocycles. The molecule has 0 fully saturated rings. The first-order valence-corrected chi connectivity index (χ1v) is 5.81. The smallest absolute Gasteiger partial charge is 0.0616 e. The molecule has 1 nitrogen and oxygen atoms in total. The number of hydrogen-bond acceptors (Lipinski definition) is 1. The second-order valence-electron chi connectivity index (χ2n) is 5.38. The van der Waals surface area contributed by atoms with Gasteiger partial charge in [0.1, 0.15) is 0 Å². The maximum Gasteiger partial charge on any atom is 0.0616 e. The zero-order chi connectivity index (χ0) is 10.6. The Hall–Kier alpha value is -0.300. The minimum Gasteiger partial charge on any atom is -0.372 e. The van der Waals surface area contributed by atoms with Gasteiger partial charge in [0.05, 0.1) is 11.7 Å². The van der Waals surface area contributed by atoms with Crippen LogP contribution in [0, 0.1) is 0 Å². The van der Waals surface area contributed by atoms with E-state index >= 15 is 0 Å². The van der Waals surface area contributed by atoms with Crippen molar-refractivity contribution >= 4 is 0 Å². The Morgan fingerprint density at radius 3 is 2.64 bits per heavy atom. The number of rotatable bonds is 1. The average Bonchev–Trinajstić information content (AvgIpc) is 2.02. The highest BCUT2D eigenvalue weighted by Crippen LogP contribution is 2.22. The van der Waals surface area contributed by atoms with Gasteiger partial charge in [-0.15, -0.1) is 0 Å². The highest BCUT2D eigenvalue weighted by molar-refractivity contribution is 5.00. The van der Waals surface area contributed by atoms with Crippen molar-refractivity contribution in [2.75, 3.05) is 0 Å². The van der Waals surface area contributed by atoms with Gasteiger partial charge in [-0.3, -0.25) is 0 Å². The van der Waals surface area contributed by atoms with Crippen LogP contribution in [0.5, 0.6) is 0 Å². The lowest BCUT2D eigenvalue weighted by molar-refractivity contribution is -0.0625. The Labute approximate surface area is 88.5 Å². The summed E-state index contributed by atoms with van der Waals surface area (Å²) in [4.78, 5) is 0. The van der Waals surface area contributed by atoms with Gasteiger partial charge in [-0.2, -0.15) is 0 Å². The highest BCUT2D eigenvalue weighted by Gasteiger charge is 2.18. The van der Waals surface area contributed by atoms with Gasteiger partial charge in [-0.05, 0) is 53.4 Å². The second-order valence-corrected chi connectivity index (χ2v) is 5.38. The third kappa shape index (κ3) is 4.80. The first kappa shape index (κ1) is 11.8. The van der Waals surface area contributed by atoms with E-state index in [2.05, 4.69) is 33.8 Å². The zero-order valence-corrected chi connectivity index (χ0v) is 10.1. The Bertz CT molecular complexity index is 198. The molecule has 0 saturated heterocycles. The second kappa shape index (κ2) is 4.97. The SMILES string of the molecule is C/C1=C/CC(OC(C)(C)C)CCCC1. The molecule has 1 unspecified atom stereocenters. The quantitative estimate of drug-likeness (QED) is 0.574. The van der Waals surface area contributed by atoms with Crippen molar-refractivity contribution in [2.45, 2.75) is 71.5 Å². The molecule has 0 bridgehead atoms. The monoisotopic (exact) mass is 196 g/mol. The van der Waals surface area contributed by atoms with E-state index in [0.29, 0.717) is 6.10 Å². The molecule has 0 N–H and O–H groups in total. The third-order valence-electron chi connectivity index (χ3n) is 2.60. The van der Waals surface area contributed by atoms with Crippen molar-refractivity contribution in [1.82, 2.24) is 0 Å². The summed E-state index contributed by atoms with van der Waals surface area (Å²) >= 11 is 0. The Balaban J connectivity index is 2.48. The molecule has 1 atom stereocenters. The van der Waals surface area contributed by atoms with Crippen LogP contribution in [0.2, 0.25) is 0 Å². The Morgan fingerprint density at radius 2 is 2.00 bits per heavy atom. The fourth-order valence-electron chi connectivity index (χ4n) is 1.94. The fraction of sp³-hybridized carbons (Fsp3) is 0.846. The molecule has 1 aliphatic rings. The largest absolute Gasteiger partial charge is 0.372 e. The normalized spacial score (nSPS) is 28.9. The summed E-state index contributed by atoms with van der Waals surface area (Å²) < 4.78 is 6.02. The molecule has 0 aromatic heterocycles. The van der Waals surface area contributed by atoms with Crippen molar-refractivity contribution in [3.63, 3.8) is 0 Å². The molecule has 1 rings (SSSR count). The summed E-state index contributed by atoms with van der Waals surface area (Å²) in [6.45, 7) is 8.66. The summed E-state index contributed by atoms with van der Waals surface area (Å²) in [5, 5.41) is 0. The molecule has 0 aromatic carbocycles. The molecule has 0 aromatic rings. The van der Waals surface area contributed by atoms with Gasteiger partial charge in [0.25, 0.3) is 0 Å². The standard InChI is InChI=1S/C13H24O/c1-11-7-5-6-8-12(10-9-11)14-13(2,3)4/h9,12H,5-8,10H2,1-4H3/b11-9-. The van der Waals surface area contributed by atoms with E-state index in [9.17, 15) is 0 Å². The van der Waals surface area contributed by atoms with E-state index in [-0.39, 0.29) is 5.60 Å². The van der Waals surface area contributed by atoms with Crippen molar-refractivity contribution in [3.8, 4) is 0 Å². The molecule has 82 valence electrons. The van der Waals surface area contributed by atoms with Gasteiger partial charge in [0, 0.05) is 0 Å². The van der Waals surface area contributed by atoms with Gasteiger partial charge in [0.15, 0.2) is 0 Å². The van der Waals surface area contributed by atoms with Crippen LogP contribution in [0.3, 0.4) is 0 Å². The van der Waals surface area contributed by atoms with Crippen LogP contribution in [-0.4, -0.2) is 11.7 Å². The topological polar surface area (TPSA) is 9.23 Å². The maximum atomic E-state index is 6.02. The van der Waals surface area contributed by atoms with E-state index in [1.807, 2.05) is 0 Å². The highest BCUT2D eigenvalue weighted by atomic mass is 16.5. The van der Waals surface area contributed by atoms with Gasteiger partial charge in [-0.1, -0.05) is 18.1 Å². The van der Waals surface area contributed by atoms with E-state index in [1.54, 1.807) is 0 Å². The van der Waals surface area contributed by atoms with Crippen molar-refractivity contribution < 1.29 is 4.74 Å². The molecule has 0 amide bonds. The molecule has 0 saturated carbocycles. The summed E-state index contributed by atoms with van der Waals surface area (Å²) in [5.41, 5.74) is 1.54. The molecular formula is C13H24O. The van der Waals surface area contributed by atoms with Crippen LogP contribution in [0.4, 0.5) is 0 Å². The van der Waals surface area contributed by atoms with E-state index < -0.39 is 0 Å². The molecule has 0 aliphatic heterocycles. The number of ether oxygens (including phenoxy) is 1. The summed E-state index contributed by atoms with van der Waals surface area (Å²) in [6, 6.07) is 0. The van der Waals surface area contributed by atoms with Crippen LogP contribution in [0.25, 0.3) is 0 Å². The van der Waals surface area contributed by atoms with Gasteiger partial charge in [-0.25, -0.2) is 0 Å². The van der Waals surface area contributed by atoms with Gasteiger partial charge in [0.2, 0.25) is 0 Å². The number of hydrogen-bond donors (Lipinski definition) is 0. The van der Waals surface area contributed by atoms with Crippen LogP contribution in [0.1, 0.15) is 59.8 Å². The first-order valence-electron chi connectivity index (χ1n) is 5.81. The maximum absolute atomic E-state index is 6.02. The lowest BCUT2D eigenvalue weighted by Gasteiger charge is -2.28. The Kier molecular flexibility index (Phi) is 4.18. The fourth-order valence-corrected chi connectivity index (χ4v) is 1.94. The molecule has 1 aliphatic carbocycles. The van der Waals surface area contributed by atoms with Crippen molar-refractivity contribution in [1.29, 1.82) is 0 Å². The number of allylic oxidation sites excluding steroid dienone is 1. The predicted molar refractivity (Wildman–Crippen MR) is 61.5 cm³/mol. The molecule has 1 heteroatoms. The van der Waals surface area contributed by atoms with E-state index in [4.69, 9.17) is 4.74 Å². The van der Waals surface area contributed by atoms with Crippen molar-refractivity contribution in [2.24, 2.45) is 0 Å². The van der Waals surface area contributed by atoms with E-state index in [0.717, 1.165) is 6.42 Å². The Morgan fingerprint density at radius 1 is 1.29 bits per heavy atom. The van der Waals surface area contributed by atoms with Crippen LogP contribution >= 0.6 is 0 Å². The summed E-state index contributed by atoms with van der Waals surface area (Å²) in [7, 11) is 0. The van der Waals surface area contributed by atoms with E-state index in [1.165, 1.54) is 31.3 Å². The molecular weight excluding hydrogens is 172 g/mol. The molecule has 0 spiro atoms. The minimum absolute atomic E-state index is 0.00556. The van der Waals surface area contributed by atoms with Crippen molar-refractivity contribution in [3.05, 3.63) is 11.6 Å². The summed E-state index contributed by atoms with van der Waals surface area (Å²) in [5.74, 6) is 0. The summed E-state index contributed by atoms with van der Waals surface area (Å²) in [6.07, 6.45) is 9.03. The average molecular weight is 196 g/mol. The van der Waals surface area contributed by atoms with Gasteiger partial charge >= 0.3 is 0 Å². The van der Waals surface area contributed by atoms with Crippen LogP contribution in [-0.2, 0) is 4.74 Å². The van der Waals surface area contributed by atoms with Crippen LogP contribution in [0.15, 0.2) is 11.6 Å². The first-order chi connectivity index (χ1) is 6.47. The minimum atomic E-state index is 0.00556. The molecule has 14 heavy (non-hydrogen) atoms. The lowest BCUT2D eigenvalue weighted by Crippen LogP contribution is -2.27. The lowest BCUT2D eigenvalue weighted by atomic mass is 9.98. The zero-order valence-electron chi connectivity index (χ0n) is 10.1. The van der Waals surface area contributed by atoms with Crippen LogP contribution < -0.4 is 0 Å². The predicted octanol–water partition coefficient (Wildman–Crippen LogP) is 4.08. The third-order valence-corrected chi connectivity index (χ3v) is 2.60.